The Kier molecular flexibility index (Phi) is 4.86. The van der Waals surface area contributed by atoms with E-state index in [-0.39, 0.29) is 17.4 Å². The predicted molar refractivity (Wildman–Crippen MR) is 77.9 cm³/mol. The first-order valence-electron chi connectivity index (χ1n) is 5.43. The summed E-state index contributed by atoms with van der Waals surface area (Å²) in [6.45, 7) is 0. The first-order valence-corrected chi connectivity index (χ1v) is 7.17. The molecule has 1 nitrogen and oxygen atoms in total. The Bertz CT molecular complexity index is 616. The molecule has 0 saturated heterocycles. The third-order valence-electron chi connectivity index (χ3n) is 2.39. The fourth-order valence-corrected chi connectivity index (χ4v) is 2.71. The summed E-state index contributed by atoms with van der Waals surface area (Å²) < 4.78 is 13.0. The molecular weight excluding hydrogens is 306 g/mol. The van der Waals surface area contributed by atoms with E-state index >= 15 is 0 Å². The van der Waals surface area contributed by atoms with Gasteiger partial charge in [-0.2, -0.15) is 0 Å². The van der Waals surface area contributed by atoms with Gasteiger partial charge in [0.1, 0.15) is 5.82 Å². The van der Waals surface area contributed by atoms with Gasteiger partial charge in [-0.3, -0.25) is 4.79 Å². The van der Waals surface area contributed by atoms with E-state index in [1.165, 1.54) is 23.9 Å². The number of hydrogen-bond donors (Lipinski definition) is 0. The Morgan fingerprint density at radius 2 is 1.95 bits per heavy atom. The van der Waals surface area contributed by atoms with E-state index in [2.05, 4.69) is 0 Å². The number of benzene rings is 2. The molecule has 0 heterocycles. The maximum Gasteiger partial charge on any atom is 0.174 e. The number of thioether (sulfide) groups is 1. The molecule has 0 aliphatic rings. The maximum absolute atomic E-state index is 13.0. The minimum Gasteiger partial charge on any atom is -0.293 e. The number of carbonyl (C=O) groups is 1. The van der Waals surface area contributed by atoms with Gasteiger partial charge in [0, 0.05) is 15.5 Å². The van der Waals surface area contributed by atoms with E-state index in [4.69, 9.17) is 23.2 Å². The molecular formula is C14H9Cl2FOS. The average molecular weight is 315 g/mol. The Morgan fingerprint density at radius 1 is 1.16 bits per heavy atom. The fraction of sp³-hybridized carbons (Fsp3) is 0.0714. The van der Waals surface area contributed by atoms with E-state index in [1.807, 2.05) is 0 Å². The molecule has 5 heteroatoms. The van der Waals surface area contributed by atoms with Crippen molar-refractivity contribution >= 4 is 40.7 Å². The second kappa shape index (κ2) is 6.42. The zero-order chi connectivity index (χ0) is 13.8. The summed E-state index contributed by atoms with van der Waals surface area (Å²) in [6.07, 6.45) is 0. The lowest BCUT2D eigenvalue weighted by Gasteiger charge is -2.04. The van der Waals surface area contributed by atoms with Crippen LogP contribution in [0.25, 0.3) is 0 Å². The summed E-state index contributed by atoms with van der Waals surface area (Å²) in [7, 11) is 0. The van der Waals surface area contributed by atoms with E-state index < -0.39 is 0 Å². The van der Waals surface area contributed by atoms with Gasteiger partial charge in [-0.05, 0) is 36.4 Å². The standard InChI is InChI=1S/C14H9Cl2FOS/c15-9-4-5-13(16)12(6-9)14(18)8-19-11-3-1-2-10(17)7-11/h1-7H,8H2. The summed E-state index contributed by atoms with van der Waals surface area (Å²) >= 11 is 13.0. The molecule has 0 atom stereocenters. The highest BCUT2D eigenvalue weighted by Gasteiger charge is 2.11. The van der Waals surface area contributed by atoms with Crippen LogP contribution in [0, 0.1) is 5.82 Å². The second-order valence-electron chi connectivity index (χ2n) is 3.79. The molecule has 19 heavy (non-hydrogen) atoms. The van der Waals surface area contributed by atoms with Crippen molar-refractivity contribution in [2.24, 2.45) is 0 Å². The lowest BCUT2D eigenvalue weighted by atomic mass is 10.1. The molecule has 0 spiro atoms. The maximum atomic E-state index is 13.0. The summed E-state index contributed by atoms with van der Waals surface area (Å²) in [6, 6.07) is 10.9. The van der Waals surface area contributed by atoms with Crippen molar-refractivity contribution in [2.75, 3.05) is 5.75 Å². The van der Waals surface area contributed by atoms with Crippen LogP contribution < -0.4 is 0 Å². The molecule has 2 aromatic rings. The number of rotatable bonds is 4. The molecule has 0 aromatic heterocycles. The van der Waals surface area contributed by atoms with Gasteiger partial charge in [-0.25, -0.2) is 4.39 Å². The van der Waals surface area contributed by atoms with Crippen molar-refractivity contribution in [2.45, 2.75) is 4.90 Å². The van der Waals surface area contributed by atoms with Crippen LogP contribution in [0.5, 0.6) is 0 Å². The molecule has 0 amide bonds. The average Bonchev–Trinajstić information content (AvgIpc) is 2.39. The molecule has 2 aromatic carbocycles. The van der Waals surface area contributed by atoms with E-state index in [9.17, 15) is 9.18 Å². The van der Waals surface area contributed by atoms with E-state index in [0.29, 0.717) is 20.5 Å². The highest BCUT2D eigenvalue weighted by Crippen LogP contribution is 2.24. The number of Topliss-reactive ketones (excluding diaryl/α,β-unsaturated/α-hetero) is 1. The Morgan fingerprint density at radius 3 is 2.68 bits per heavy atom. The van der Waals surface area contributed by atoms with Crippen LogP contribution in [0.3, 0.4) is 0 Å². The highest BCUT2D eigenvalue weighted by molar-refractivity contribution is 8.00. The van der Waals surface area contributed by atoms with Crippen molar-refractivity contribution in [3.8, 4) is 0 Å². The zero-order valence-corrected chi connectivity index (χ0v) is 12.0. The van der Waals surface area contributed by atoms with E-state index in [0.717, 1.165) is 0 Å². The van der Waals surface area contributed by atoms with Gasteiger partial charge in [-0.15, -0.1) is 11.8 Å². The Hall–Kier alpha value is -1.03. The van der Waals surface area contributed by atoms with Crippen molar-refractivity contribution in [1.82, 2.24) is 0 Å². The number of ketones is 1. The van der Waals surface area contributed by atoms with Gasteiger partial charge in [0.15, 0.2) is 5.78 Å². The lowest BCUT2D eigenvalue weighted by molar-refractivity contribution is 0.102. The SMILES string of the molecule is O=C(CSc1cccc(F)c1)c1cc(Cl)ccc1Cl. The normalized spacial score (nSPS) is 10.5. The van der Waals surface area contributed by atoms with Crippen LogP contribution in [-0.4, -0.2) is 11.5 Å². The zero-order valence-electron chi connectivity index (χ0n) is 9.70. The van der Waals surface area contributed by atoms with Crippen LogP contribution in [0.15, 0.2) is 47.4 Å². The Labute approximate surface area is 124 Å². The highest BCUT2D eigenvalue weighted by atomic mass is 35.5. The molecule has 0 N–H and O–H groups in total. The topological polar surface area (TPSA) is 17.1 Å². The molecule has 0 aliphatic heterocycles. The predicted octanol–water partition coefficient (Wildman–Crippen LogP) is 5.11. The fourth-order valence-electron chi connectivity index (χ4n) is 1.49. The van der Waals surface area contributed by atoms with E-state index in [1.54, 1.807) is 30.3 Å². The van der Waals surface area contributed by atoms with Crippen LogP contribution in [0.4, 0.5) is 4.39 Å². The summed E-state index contributed by atoms with van der Waals surface area (Å²) in [5.41, 5.74) is 0.387. The third-order valence-corrected chi connectivity index (χ3v) is 3.95. The second-order valence-corrected chi connectivity index (χ2v) is 5.69. The van der Waals surface area contributed by atoms with Crippen molar-refractivity contribution in [1.29, 1.82) is 0 Å². The number of carbonyl (C=O) groups excluding carboxylic acids is 1. The molecule has 0 unspecified atom stereocenters. The lowest BCUT2D eigenvalue weighted by Crippen LogP contribution is -2.03. The van der Waals surface area contributed by atoms with Crippen molar-refractivity contribution < 1.29 is 9.18 Å². The first kappa shape index (κ1) is 14.4. The van der Waals surface area contributed by atoms with Crippen LogP contribution in [0.1, 0.15) is 10.4 Å². The van der Waals surface area contributed by atoms with Gasteiger partial charge < -0.3 is 0 Å². The van der Waals surface area contributed by atoms with Gasteiger partial charge >= 0.3 is 0 Å². The molecule has 0 bridgehead atoms. The number of hydrogen-bond acceptors (Lipinski definition) is 2. The van der Waals surface area contributed by atoms with Gasteiger partial charge in [0.05, 0.1) is 10.8 Å². The molecule has 0 radical (unpaired) electrons. The van der Waals surface area contributed by atoms with Gasteiger partial charge in [0.25, 0.3) is 0 Å². The summed E-state index contributed by atoms with van der Waals surface area (Å²) in [4.78, 5) is 12.7. The smallest absolute Gasteiger partial charge is 0.174 e. The third kappa shape index (κ3) is 3.96. The molecule has 98 valence electrons. The minimum absolute atomic E-state index is 0.137. The van der Waals surface area contributed by atoms with Crippen molar-refractivity contribution in [3.05, 3.63) is 63.9 Å². The summed E-state index contributed by atoms with van der Waals surface area (Å²) in [5, 5.41) is 0.831. The molecule has 2 rings (SSSR count). The molecule has 0 saturated carbocycles. The quantitative estimate of drug-likeness (QED) is 0.576. The van der Waals surface area contributed by atoms with Gasteiger partial charge in [0.2, 0.25) is 0 Å². The molecule has 0 fully saturated rings. The van der Waals surface area contributed by atoms with Gasteiger partial charge in [-0.1, -0.05) is 29.3 Å². The largest absolute Gasteiger partial charge is 0.293 e. The minimum atomic E-state index is -0.321. The number of halogens is 3. The van der Waals surface area contributed by atoms with Crippen molar-refractivity contribution in [3.63, 3.8) is 0 Å². The molecule has 0 aliphatic carbocycles. The summed E-state index contributed by atoms with van der Waals surface area (Å²) in [5.74, 6) is -0.274. The van der Waals surface area contributed by atoms with Crippen LogP contribution in [0.2, 0.25) is 10.0 Å². The first-order chi connectivity index (χ1) is 9.06. The van der Waals surface area contributed by atoms with Crippen LogP contribution in [-0.2, 0) is 0 Å². The Balaban J connectivity index is 2.07. The monoisotopic (exact) mass is 314 g/mol. The van der Waals surface area contributed by atoms with Crippen LogP contribution >= 0.6 is 35.0 Å².